The van der Waals surface area contributed by atoms with Crippen molar-refractivity contribution in [1.29, 1.82) is 0 Å². The summed E-state index contributed by atoms with van der Waals surface area (Å²) in [7, 11) is 0. The van der Waals surface area contributed by atoms with Crippen LogP contribution in [-0.4, -0.2) is 42.3 Å². The number of alkyl carbamates (subject to hydrolysis) is 1. The van der Waals surface area contributed by atoms with Crippen molar-refractivity contribution in [3.05, 3.63) is 77.4 Å². The Labute approximate surface area is 190 Å². The predicted octanol–water partition coefficient (Wildman–Crippen LogP) is 5.18. The second-order valence-electron chi connectivity index (χ2n) is 8.84. The van der Waals surface area contributed by atoms with Crippen LogP contribution in [0.1, 0.15) is 43.9 Å². The third kappa shape index (κ3) is 7.45. The number of ether oxygens (including phenoxy) is 2. The summed E-state index contributed by atoms with van der Waals surface area (Å²) in [6.07, 6.45) is 2.94. The number of amides is 2. The lowest BCUT2D eigenvalue weighted by atomic mass is 9.98. The molecule has 0 fully saturated rings. The van der Waals surface area contributed by atoms with Gasteiger partial charge < -0.3 is 19.7 Å². The smallest absolute Gasteiger partial charge is 0.410 e. The number of carbonyl (C=O) groups excluding carboxylic acids is 2. The van der Waals surface area contributed by atoms with Crippen molar-refractivity contribution in [1.82, 2.24) is 10.2 Å². The molecule has 1 aliphatic heterocycles. The molecule has 32 heavy (non-hydrogen) atoms. The number of nitrogens with one attached hydrogen (secondary N) is 1. The summed E-state index contributed by atoms with van der Waals surface area (Å²) in [5, 5.41) is 2.79. The number of hydrogen-bond acceptors (Lipinski definition) is 4. The first-order chi connectivity index (χ1) is 15.3. The molecule has 0 saturated carbocycles. The zero-order valence-electron chi connectivity index (χ0n) is 19.1. The Kier molecular flexibility index (Phi) is 7.92. The first-order valence-corrected chi connectivity index (χ1v) is 11.0. The fraction of sp³-hybridized carbons (Fsp3) is 0.385. The van der Waals surface area contributed by atoms with Crippen LogP contribution in [0.5, 0.6) is 0 Å². The van der Waals surface area contributed by atoms with E-state index in [9.17, 15) is 9.59 Å². The van der Waals surface area contributed by atoms with Crippen molar-refractivity contribution < 1.29 is 19.1 Å². The Morgan fingerprint density at radius 3 is 2.34 bits per heavy atom. The summed E-state index contributed by atoms with van der Waals surface area (Å²) >= 11 is 0. The fourth-order valence-corrected chi connectivity index (χ4v) is 3.39. The van der Waals surface area contributed by atoms with E-state index in [0.29, 0.717) is 19.6 Å². The zero-order chi connectivity index (χ0) is 23.0. The Hall–Kier alpha value is -3.28. The van der Waals surface area contributed by atoms with Gasteiger partial charge in [-0.3, -0.25) is 0 Å². The highest BCUT2D eigenvalue weighted by atomic mass is 16.6. The van der Waals surface area contributed by atoms with E-state index in [1.165, 1.54) is 5.57 Å². The molecule has 1 N–H and O–H groups in total. The molecule has 0 bridgehead atoms. The standard InChI is InChI=1S/C26H32N2O4/c1-26(2,3)32-25(30)28-17-14-23(15-18-28)22-11-9-20(10-12-22)13-16-27-24(29)31-19-21-7-5-4-6-8-21/h4-12,14H,13,15-19H2,1-3H3,(H,27,29). The fourth-order valence-electron chi connectivity index (χ4n) is 3.39. The molecule has 2 amide bonds. The number of hydrogen-bond donors (Lipinski definition) is 1. The summed E-state index contributed by atoms with van der Waals surface area (Å²) in [5.74, 6) is 0. The topological polar surface area (TPSA) is 67.9 Å². The molecule has 3 rings (SSSR count). The largest absolute Gasteiger partial charge is 0.445 e. The van der Waals surface area contributed by atoms with Gasteiger partial charge in [-0.15, -0.1) is 0 Å². The molecule has 1 heterocycles. The van der Waals surface area contributed by atoms with E-state index >= 15 is 0 Å². The molecule has 170 valence electrons. The molecule has 0 spiro atoms. The quantitative estimate of drug-likeness (QED) is 0.678. The lowest BCUT2D eigenvalue weighted by Gasteiger charge is -2.29. The van der Waals surface area contributed by atoms with Crippen molar-refractivity contribution in [3.8, 4) is 0 Å². The average Bonchev–Trinajstić information content (AvgIpc) is 2.78. The van der Waals surface area contributed by atoms with Crippen LogP contribution in [0.4, 0.5) is 9.59 Å². The minimum absolute atomic E-state index is 0.266. The lowest BCUT2D eigenvalue weighted by molar-refractivity contribution is 0.0270. The van der Waals surface area contributed by atoms with E-state index in [2.05, 4.69) is 35.7 Å². The highest BCUT2D eigenvalue weighted by molar-refractivity contribution is 5.72. The maximum atomic E-state index is 12.2. The minimum atomic E-state index is -0.482. The molecule has 6 nitrogen and oxygen atoms in total. The maximum Gasteiger partial charge on any atom is 0.410 e. The van der Waals surface area contributed by atoms with Crippen molar-refractivity contribution in [2.24, 2.45) is 0 Å². The summed E-state index contributed by atoms with van der Waals surface area (Å²) in [6, 6.07) is 18.0. The molecular formula is C26H32N2O4. The summed E-state index contributed by atoms with van der Waals surface area (Å²) in [6.45, 7) is 7.61. The normalized spacial score (nSPS) is 13.8. The van der Waals surface area contributed by atoms with Gasteiger partial charge in [0.1, 0.15) is 12.2 Å². The van der Waals surface area contributed by atoms with Crippen LogP contribution in [0.15, 0.2) is 60.7 Å². The first-order valence-electron chi connectivity index (χ1n) is 11.0. The van der Waals surface area contributed by atoms with Crippen molar-refractivity contribution in [2.45, 2.75) is 45.8 Å². The molecule has 0 atom stereocenters. The zero-order valence-corrected chi connectivity index (χ0v) is 19.1. The molecule has 6 heteroatoms. The Morgan fingerprint density at radius 2 is 1.72 bits per heavy atom. The van der Waals surface area contributed by atoms with Gasteiger partial charge in [-0.1, -0.05) is 60.7 Å². The van der Waals surface area contributed by atoms with E-state index in [0.717, 1.165) is 29.5 Å². The van der Waals surface area contributed by atoms with Crippen LogP contribution in [0.3, 0.4) is 0 Å². The predicted molar refractivity (Wildman–Crippen MR) is 125 cm³/mol. The second-order valence-corrected chi connectivity index (χ2v) is 8.84. The van der Waals surface area contributed by atoms with Crippen LogP contribution in [0, 0.1) is 0 Å². The van der Waals surface area contributed by atoms with Gasteiger partial charge in [0.2, 0.25) is 0 Å². The molecule has 0 aliphatic carbocycles. The SMILES string of the molecule is CC(C)(C)OC(=O)N1CC=C(c2ccc(CCNC(=O)OCc3ccccc3)cc2)CC1. The average molecular weight is 437 g/mol. The first kappa shape index (κ1) is 23.4. The summed E-state index contributed by atoms with van der Waals surface area (Å²) in [5.41, 5.74) is 4.02. The van der Waals surface area contributed by atoms with E-state index < -0.39 is 11.7 Å². The third-order valence-corrected chi connectivity index (χ3v) is 5.08. The molecule has 0 aromatic heterocycles. The monoisotopic (exact) mass is 436 g/mol. The van der Waals surface area contributed by atoms with Gasteiger partial charge in [-0.05, 0) is 55.9 Å². The molecular weight excluding hydrogens is 404 g/mol. The lowest BCUT2D eigenvalue weighted by Crippen LogP contribution is -2.39. The van der Waals surface area contributed by atoms with Gasteiger partial charge in [-0.2, -0.15) is 0 Å². The van der Waals surface area contributed by atoms with Crippen molar-refractivity contribution in [3.63, 3.8) is 0 Å². The van der Waals surface area contributed by atoms with Crippen LogP contribution >= 0.6 is 0 Å². The van der Waals surface area contributed by atoms with Crippen LogP contribution in [-0.2, 0) is 22.5 Å². The molecule has 2 aromatic rings. The van der Waals surface area contributed by atoms with Crippen LogP contribution in [0.25, 0.3) is 5.57 Å². The van der Waals surface area contributed by atoms with Crippen molar-refractivity contribution in [2.75, 3.05) is 19.6 Å². The number of benzene rings is 2. The van der Waals surface area contributed by atoms with Gasteiger partial charge in [0.25, 0.3) is 0 Å². The van der Waals surface area contributed by atoms with E-state index in [-0.39, 0.29) is 12.7 Å². The Balaban J connectivity index is 1.41. The molecule has 0 radical (unpaired) electrons. The number of nitrogens with zero attached hydrogens (tertiary/aromatic N) is 1. The second kappa shape index (κ2) is 10.8. The van der Waals surface area contributed by atoms with Gasteiger partial charge in [0.05, 0.1) is 0 Å². The van der Waals surface area contributed by atoms with Gasteiger partial charge >= 0.3 is 12.2 Å². The van der Waals surface area contributed by atoms with Crippen LogP contribution < -0.4 is 5.32 Å². The molecule has 0 saturated heterocycles. The van der Waals surface area contributed by atoms with Crippen molar-refractivity contribution >= 4 is 17.8 Å². The number of rotatable bonds is 6. The van der Waals surface area contributed by atoms with Gasteiger partial charge in [0.15, 0.2) is 0 Å². The highest BCUT2D eigenvalue weighted by Crippen LogP contribution is 2.24. The van der Waals surface area contributed by atoms with E-state index in [4.69, 9.17) is 9.47 Å². The maximum absolute atomic E-state index is 12.2. The third-order valence-electron chi connectivity index (χ3n) is 5.08. The summed E-state index contributed by atoms with van der Waals surface area (Å²) < 4.78 is 10.7. The molecule has 2 aromatic carbocycles. The Bertz CT molecular complexity index is 931. The Morgan fingerprint density at radius 1 is 1.00 bits per heavy atom. The van der Waals surface area contributed by atoms with E-state index in [1.54, 1.807) is 4.90 Å². The number of carbonyl (C=O) groups is 2. The van der Waals surface area contributed by atoms with Gasteiger partial charge in [0, 0.05) is 19.6 Å². The van der Waals surface area contributed by atoms with Crippen LogP contribution in [0.2, 0.25) is 0 Å². The highest BCUT2D eigenvalue weighted by Gasteiger charge is 2.23. The van der Waals surface area contributed by atoms with Gasteiger partial charge in [-0.25, -0.2) is 9.59 Å². The minimum Gasteiger partial charge on any atom is -0.445 e. The summed E-state index contributed by atoms with van der Waals surface area (Å²) in [4.78, 5) is 25.8. The van der Waals surface area contributed by atoms with E-state index in [1.807, 2.05) is 51.1 Å². The molecule has 0 unspecified atom stereocenters. The molecule has 1 aliphatic rings.